The lowest BCUT2D eigenvalue weighted by atomic mass is 9.71. The number of methoxy groups -OCH3 is 2. The first kappa shape index (κ1) is 47.6. The Kier molecular flexibility index (Phi) is 15.1. The van der Waals surface area contributed by atoms with Crippen molar-refractivity contribution < 1.29 is 67.5 Å². The molecular formula is C48H72O14. The molecule has 4 fully saturated rings. The van der Waals surface area contributed by atoms with E-state index in [4.69, 9.17) is 47.4 Å². The number of rotatable bonds is 8. The number of hydrogen-bond acceptors (Lipinski definition) is 14. The summed E-state index contributed by atoms with van der Waals surface area (Å²) >= 11 is 0. The molecule has 62 heavy (non-hydrogen) atoms. The van der Waals surface area contributed by atoms with Gasteiger partial charge in [-0.25, -0.2) is 0 Å². The maximum Gasteiger partial charge on any atom is 0.316 e. The van der Waals surface area contributed by atoms with E-state index in [2.05, 4.69) is 39.8 Å². The third-order valence-electron chi connectivity index (χ3n) is 14.5. The summed E-state index contributed by atoms with van der Waals surface area (Å²) in [5.74, 6) is -2.56. The molecule has 0 aromatic carbocycles. The molecule has 0 aromatic heterocycles. The van der Waals surface area contributed by atoms with Gasteiger partial charge in [0.2, 0.25) is 0 Å². The van der Waals surface area contributed by atoms with Gasteiger partial charge in [-0.05, 0) is 62.8 Å². The van der Waals surface area contributed by atoms with Crippen molar-refractivity contribution in [3.63, 3.8) is 0 Å². The van der Waals surface area contributed by atoms with Crippen molar-refractivity contribution in [3.8, 4) is 0 Å². The number of allylic oxidation sites excluding steroid dienone is 2. The van der Waals surface area contributed by atoms with E-state index in [1.807, 2.05) is 32.1 Å². The Morgan fingerprint density at radius 1 is 0.887 bits per heavy atom. The molecule has 6 aliphatic heterocycles. The van der Waals surface area contributed by atoms with Crippen LogP contribution in [-0.2, 0) is 52.2 Å². The van der Waals surface area contributed by atoms with Crippen molar-refractivity contribution >= 4 is 5.97 Å². The molecule has 0 saturated carbocycles. The Balaban J connectivity index is 1.18. The first-order valence-electron chi connectivity index (χ1n) is 22.9. The Morgan fingerprint density at radius 2 is 1.60 bits per heavy atom. The van der Waals surface area contributed by atoms with Crippen LogP contribution in [0.4, 0.5) is 0 Å². The lowest BCUT2D eigenvalue weighted by Crippen LogP contribution is -2.58. The van der Waals surface area contributed by atoms with Crippen LogP contribution in [0.5, 0.6) is 0 Å². The second kappa shape index (κ2) is 19.7. The fraction of sp³-hybridized carbons (Fsp3) is 0.771. The highest BCUT2D eigenvalue weighted by atomic mass is 16.7. The molecule has 1 spiro atoms. The molecule has 14 heteroatoms. The molecule has 7 aliphatic rings. The first-order valence-corrected chi connectivity index (χ1v) is 22.9. The van der Waals surface area contributed by atoms with E-state index >= 15 is 0 Å². The van der Waals surface area contributed by atoms with E-state index in [1.54, 1.807) is 40.2 Å². The number of carbonyl (C=O) groups is 1. The molecule has 20 atom stereocenters. The van der Waals surface area contributed by atoms with E-state index in [9.17, 15) is 20.1 Å². The van der Waals surface area contributed by atoms with Crippen LogP contribution < -0.4 is 0 Å². The summed E-state index contributed by atoms with van der Waals surface area (Å²) in [7, 11) is 3.22. The minimum Gasteiger partial charge on any atom is -0.462 e. The monoisotopic (exact) mass is 872 g/mol. The average molecular weight is 873 g/mol. The van der Waals surface area contributed by atoms with Crippen molar-refractivity contribution in [3.05, 3.63) is 59.3 Å². The minimum atomic E-state index is -1.84. The van der Waals surface area contributed by atoms with Gasteiger partial charge in [0.25, 0.3) is 0 Å². The van der Waals surface area contributed by atoms with Gasteiger partial charge in [0.1, 0.15) is 42.0 Å². The molecular weight excluding hydrogens is 801 g/mol. The number of aliphatic hydroxyl groups excluding tert-OH is 2. The molecule has 14 nitrogen and oxygen atoms in total. The normalized spacial score (nSPS) is 47.0. The van der Waals surface area contributed by atoms with Crippen molar-refractivity contribution in [1.29, 1.82) is 0 Å². The van der Waals surface area contributed by atoms with Gasteiger partial charge in [0.05, 0.1) is 49.3 Å². The third-order valence-corrected chi connectivity index (χ3v) is 14.5. The predicted octanol–water partition coefficient (Wildman–Crippen LogP) is 5.38. The van der Waals surface area contributed by atoms with Gasteiger partial charge in [-0.3, -0.25) is 4.79 Å². The third kappa shape index (κ3) is 9.64. The van der Waals surface area contributed by atoms with E-state index in [1.165, 1.54) is 0 Å². The van der Waals surface area contributed by atoms with Crippen molar-refractivity contribution in [2.45, 2.75) is 191 Å². The minimum absolute atomic E-state index is 0.0317. The van der Waals surface area contributed by atoms with Crippen LogP contribution in [0.2, 0.25) is 0 Å². The lowest BCUT2D eigenvalue weighted by Gasteiger charge is -2.48. The van der Waals surface area contributed by atoms with E-state index in [-0.39, 0.29) is 42.7 Å². The zero-order chi connectivity index (χ0) is 44.7. The zero-order valence-electron chi connectivity index (χ0n) is 38.2. The predicted molar refractivity (Wildman–Crippen MR) is 227 cm³/mol. The van der Waals surface area contributed by atoms with Gasteiger partial charge in [-0.2, -0.15) is 0 Å². The summed E-state index contributed by atoms with van der Waals surface area (Å²) in [5, 5.41) is 34.2. The second-order valence-corrected chi connectivity index (χ2v) is 19.0. The van der Waals surface area contributed by atoms with Crippen LogP contribution in [-0.4, -0.2) is 139 Å². The van der Waals surface area contributed by atoms with E-state index in [0.717, 1.165) is 12.0 Å². The van der Waals surface area contributed by atoms with Crippen LogP contribution in [0.15, 0.2) is 59.3 Å². The topological polar surface area (TPSA) is 170 Å². The highest BCUT2D eigenvalue weighted by Crippen LogP contribution is 2.47. The molecule has 1 unspecified atom stereocenters. The van der Waals surface area contributed by atoms with Gasteiger partial charge in [-0.1, -0.05) is 70.6 Å². The van der Waals surface area contributed by atoms with Crippen LogP contribution >= 0.6 is 0 Å². The average Bonchev–Trinajstić information content (AvgIpc) is 3.58. The van der Waals surface area contributed by atoms with Crippen molar-refractivity contribution in [2.24, 2.45) is 23.7 Å². The molecule has 0 amide bonds. The molecule has 348 valence electrons. The van der Waals surface area contributed by atoms with Gasteiger partial charge >= 0.3 is 5.97 Å². The molecule has 7 rings (SSSR count). The van der Waals surface area contributed by atoms with Gasteiger partial charge < -0.3 is 62.7 Å². The first-order chi connectivity index (χ1) is 29.5. The number of ether oxygens (including phenoxy) is 10. The maximum absolute atomic E-state index is 14.3. The maximum atomic E-state index is 14.3. The fourth-order valence-corrected chi connectivity index (χ4v) is 10.6. The highest BCUT2D eigenvalue weighted by molar-refractivity contribution is 5.78. The standard InChI is InChI=1S/C48H72O14/c1-11-25(2)43-28(5)17-18-47(62-43)23-34-20-33(61-47)16-15-27(4)42(26(3)13-12-14-32-24-55-45-40(49)29(6)19-35(46(51)58-34)48(32,45)52)59-39-22-37(54-10)44(31(8)57-39)60-38-21-36(53-9)41(50)30(7)56-38/h12-15,17-19,25-26,28,30-31,33-45,49-50,52H,11,16,20-24H2,1-10H3/t25-,26-,28-,30-,31-,33+,34-,35-,36-,37-,38-,39-,40+,41-,42-,43+,44-,45?,47+,48+/m0/s1. The van der Waals surface area contributed by atoms with Crippen molar-refractivity contribution in [1.82, 2.24) is 0 Å². The molecule has 6 heterocycles. The number of esters is 1. The summed E-state index contributed by atoms with van der Waals surface area (Å²) < 4.78 is 63.7. The summed E-state index contributed by atoms with van der Waals surface area (Å²) in [4.78, 5) is 14.3. The molecule has 4 saturated heterocycles. The van der Waals surface area contributed by atoms with Gasteiger partial charge in [-0.15, -0.1) is 0 Å². The largest absolute Gasteiger partial charge is 0.462 e. The Bertz CT molecular complexity index is 1730. The quantitative estimate of drug-likeness (QED) is 0.210. The zero-order valence-corrected chi connectivity index (χ0v) is 38.2. The Morgan fingerprint density at radius 3 is 2.32 bits per heavy atom. The summed E-state index contributed by atoms with van der Waals surface area (Å²) in [6.07, 6.45) is 8.55. The molecule has 3 N–H and O–H groups in total. The van der Waals surface area contributed by atoms with Crippen LogP contribution in [0.25, 0.3) is 0 Å². The summed E-state index contributed by atoms with van der Waals surface area (Å²) in [6.45, 7) is 16.1. The SMILES string of the molecule is CC[C@H](C)[C@H]1O[C@]2(C=C[C@@H]1C)C[C@@H]1C[C@@H](CC=C(C)[C@@H](O[C@H]3C[C@H](OC)[C@@H](O[C@H]4C[C@H](OC)[C@@H](O)[C@H](C)O4)[C@H](C)O3)[C@@H](C)C=CC=C3COC4[C@H](O)C(C)=C[C@@H](C(=O)O1)[C@]34O)O2. The molecule has 0 aromatic rings. The number of fused-ring (bicyclic) bond motifs is 2. The van der Waals surface area contributed by atoms with Crippen LogP contribution in [0, 0.1) is 23.7 Å². The van der Waals surface area contributed by atoms with E-state index < -0.39 is 90.8 Å². The van der Waals surface area contributed by atoms with Crippen molar-refractivity contribution in [2.75, 3.05) is 20.8 Å². The van der Waals surface area contributed by atoms with Crippen LogP contribution in [0.1, 0.15) is 93.9 Å². The molecule has 1 aliphatic carbocycles. The Hall–Kier alpha value is -2.31. The lowest BCUT2D eigenvalue weighted by molar-refractivity contribution is -0.318. The number of hydrogen-bond donors (Lipinski definition) is 3. The fourth-order valence-electron chi connectivity index (χ4n) is 10.6. The highest BCUT2D eigenvalue weighted by Gasteiger charge is 2.60. The summed E-state index contributed by atoms with van der Waals surface area (Å²) in [5.41, 5.74) is 0.134. The smallest absolute Gasteiger partial charge is 0.316 e. The van der Waals surface area contributed by atoms with E-state index in [0.29, 0.717) is 43.3 Å². The molecule has 2 bridgehead atoms. The number of aliphatic hydroxyl groups is 3. The molecule has 0 radical (unpaired) electrons. The van der Waals surface area contributed by atoms with Crippen LogP contribution in [0.3, 0.4) is 0 Å². The van der Waals surface area contributed by atoms with Gasteiger partial charge in [0, 0.05) is 51.7 Å². The summed E-state index contributed by atoms with van der Waals surface area (Å²) in [6, 6.07) is 0. The Labute approximate surface area is 367 Å². The van der Waals surface area contributed by atoms with Gasteiger partial charge in [0.15, 0.2) is 18.4 Å². The second-order valence-electron chi connectivity index (χ2n) is 19.0. The number of carbonyl (C=O) groups excluding carboxylic acids is 1.